The lowest BCUT2D eigenvalue weighted by Crippen LogP contribution is -2.47. The molecule has 1 atom stereocenters. The second-order valence-electron chi connectivity index (χ2n) is 14.0. The maximum atomic E-state index is 12.4. The Balaban J connectivity index is 0.000000186. The topological polar surface area (TPSA) is 134 Å². The van der Waals surface area contributed by atoms with Gasteiger partial charge in [-0.3, -0.25) is 4.79 Å². The summed E-state index contributed by atoms with van der Waals surface area (Å²) in [7, 11) is 0. The number of anilines is 1. The van der Waals surface area contributed by atoms with Gasteiger partial charge in [0.25, 0.3) is 0 Å². The van der Waals surface area contributed by atoms with E-state index >= 15 is 0 Å². The number of aromatic hydroxyl groups is 2. The molecule has 2 saturated heterocycles. The van der Waals surface area contributed by atoms with E-state index in [2.05, 4.69) is 38.4 Å². The molecule has 4 heterocycles. The number of rotatable bonds is 5. The van der Waals surface area contributed by atoms with E-state index in [4.69, 9.17) is 26.3 Å². The summed E-state index contributed by atoms with van der Waals surface area (Å²) in [6, 6.07) is 23.0. The van der Waals surface area contributed by atoms with E-state index in [-0.39, 0.29) is 29.6 Å². The van der Waals surface area contributed by atoms with Crippen LogP contribution >= 0.6 is 11.6 Å². The summed E-state index contributed by atoms with van der Waals surface area (Å²) >= 11 is 6.24. The first-order chi connectivity index (χ1) is 25.5. The van der Waals surface area contributed by atoms with E-state index < -0.39 is 0 Å². The Hall–Kier alpha value is -5.32. The maximum absolute atomic E-state index is 12.4. The van der Waals surface area contributed by atoms with E-state index in [1.165, 1.54) is 0 Å². The molecule has 0 unspecified atom stereocenters. The summed E-state index contributed by atoms with van der Waals surface area (Å²) in [4.78, 5) is 33.3. The first kappa shape index (κ1) is 36.1. The lowest BCUT2D eigenvalue weighted by molar-refractivity contribution is -0.130. The van der Waals surface area contributed by atoms with Crippen molar-refractivity contribution in [2.75, 3.05) is 24.6 Å². The number of ether oxygens (including phenoxy) is 1. The van der Waals surface area contributed by atoms with Crippen molar-refractivity contribution in [3.8, 4) is 34.3 Å². The number of phenols is 2. The molecule has 53 heavy (non-hydrogen) atoms. The zero-order chi connectivity index (χ0) is 37.2. The highest BCUT2D eigenvalue weighted by Gasteiger charge is 2.29. The van der Waals surface area contributed by atoms with E-state index in [1.54, 1.807) is 18.2 Å². The van der Waals surface area contributed by atoms with Crippen molar-refractivity contribution in [1.29, 1.82) is 0 Å². The van der Waals surface area contributed by atoms with Crippen LogP contribution in [0.5, 0.6) is 11.5 Å². The zero-order valence-corrected chi connectivity index (χ0v) is 31.1. The van der Waals surface area contributed by atoms with Crippen LogP contribution in [0.4, 0.5) is 5.82 Å². The van der Waals surface area contributed by atoms with Gasteiger partial charge < -0.3 is 25.2 Å². The second-order valence-corrected chi connectivity index (χ2v) is 14.3. The molecule has 11 heteroatoms. The van der Waals surface area contributed by atoms with Crippen molar-refractivity contribution < 1.29 is 19.7 Å². The lowest BCUT2D eigenvalue weighted by atomic mass is 10.0. The van der Waals surface area contributed by atoms with Crippen LogP contribution in [0.1, 0.15) is 47.9 Å². The van der Waals surface area contributed by atoms with Gasteiger partial charge in [0.05, 0.1) is 22.2 Å². The highest BCUT2D eigenvalue weighted by Crippen LogP contribution is 2.36. The van der Waals surface area contributed by atoms with E-state index in [0.29, 0.717) is 34.5 Å². The molecule has 6 aromatic rings. The highest BCUT2D eigenvalue weighted by molar-refractivity contribution is 6.34. The molecule has 2 aliphatic rings. The SMILES string of the molecule is Cc1ccc2c(Cl)nc(-c3c(C)cccc3O)nc2c1.Cc1ccc2c(N3CCC(NC(=O)[C@H]4CCCO4)CC3)nc(-c3c(C)cccc3O)nc2c1. The van der Waals surface area contributed by atoms with Gasteiger partial charge in [-0.15, -0.1) is 0 Å². The summed E-state index contributed by atoms with van der Waals surface area (Å²) in [5, 5.41) is 26.0. The van der Waals surface area contributed by atoms with Crippen molar-refractivity contribution in [2.24, 2.45) is 0 Å². The standard InChI is InChI=1S/C26H30N4O3.C16H13ClN2O/c1-16-8-9-19-20(15-16)28-24(23-17(2)5-3-6-21(23)31)29-25(19)30-12-10-18(11-13-30)27-26(32)22-7-4-14-33-22;1-9-6-7-11-12(8-9)18-16(19-15(11)17)14-10(2)4-3-5-13(14)20/h3,5-6,8-9,15,18,22,31H,4,7,10-14H2,1-2H3,(H,27,32);3-8,20H,1-2H3/t22-;/m1./s1. The quantitative estimate of drug-likeness (QED) is 0.150. The number of carbonyl (C=O) groups is 1. The fourth-order valence-electron chi connectivity index (χ4n) is 7.09. The van der Waals surface area contributed by atoms with Crippen LogP contribution in [-0.2, 0) is 9.53 Å². The van der Waals surface area contributed by atoms with Gasteiger partial charge in [0.2, 0.25) is 5.91 Å². The molecule has 0 saturated carbocycles. The zero-order valence-electron chi connectivity index (χ0n) is 30.4. The monoisotopic (exact) mass is 730 g/mol. The molecule has 0 bridgehead atoms. The number of amides is 1. The Morgan fingerprint density at radius 2 is 1.32 bits per heavy atom. The third-order valence-electron chi connectivity index (χ3n) is 9.95. The molecular weight excluding hydrogens is 688 g/mol. The van der Waals surface area contributed by atoms with Crippen LogP contribution in [0.3, 0.4) is 0 Å². The van der Waals surface area contributed by atoms with Gasteiger partial charge in [0, 0.05) is 36.5 Å². The Labute approximate surface area is 313 Å². The van der Waals surface area contributed by atoms with Crippen molar-refractivity contribution in [3.63, 3.8) is 0 Å². The predicted octanol–water partition coefficient (Wildman–Crippen LogP) is 8.16. The van der Waals surface area contributed by atoms with Crippen LogP contribution in [-0.4, -0.2) is 67.9 Å². The molecule has 2 aromatic heterocycles. The lowest BCUT2D eigenvalue weighted by Gasteiger charge is -2.34. The third-order valence-corrected chi connectivity index (χ3v) is 10.2. The van der Waals surface area contributed by atoms with Gasteiger partial charge in [0.1, 0.15) is 28.6 Å². The molecule has 3 N–H and O–H groups in total. The summed E-state index contributed by atoms with van der Waals surface area (Å²) < 4.78 is 5.52. The minimum atomic E-state index is -0.290. The number of hydrogen-bond donors (Lipinski definition) is 3. The fraction of sp³-hybridized carbons (Fsp3) is 0.310. The minimum absolute atomic E-state index is 0.0197. The third kappa shape index (κ3) is 7.75. The molecule has 4 aromatic carbocycles. The molecule has 0 aliphatic carbocycles. The molecule has 2 fully saturated rings. The molecule has 8 rings (SSSR count). The van der Waals surface area contributed by atoms with Gasteiger partial charge in [0.15, 0.2) is 11.6 Å². The number of carbonyl (C=O) groups excluding carboxylic acids is 1. The number of benzene rings is 4. The van der Waals surface area contributed by atoms with Crippen molar-refractivity contribution in [1.82, 2.24) is 25.3 Å². The molecule has 2 aliphatic heterocycles. The van der Waals surface area contributed by atoms with Crippen molar-refractivity contribution >= 4 is 45.1 Å². The average Bonchev–Trinajstić information content (AvgIpc) is 3.67. The second kappa shape index (κ2) is 15.3. The first-order valence-electron chi connectivity index (χ1n) is 18.0. The number of fused-ring (bicyclic) bond motifs is 2. The Kier molecular flexibility index (Phi) is 10.4. The number of hydrogen-bond acceptors (Lipinski definition) is 9. The number of aryl methyl sites for hydroxylation is 4. The fourth-order valence-corrected chi connectivity index (χ4v) is 7.33. The highest BCUT2D eigenvalue weighted by atomic mass is 35.5. The molecule has 272 valence electrons. The van der Waals surface area contributed by atoms with Gasteiger partial charge in [-0.05, 0) is 112 Å². The van der Waals surface area contributed by atoms with Crippen LogP contribution in [0, 0.1) is 27.7 Å². The van der Waals surface area contributed by atoms with E-state index in [9.17, 15) is 15.0 Å². The molecule has 10 nitrogen and oxygen atoms in total. The molecule has 1 amide bonds. The summed E-state index contributed by atoms with van der Waals surface area (Å²) in [6.45, 7) is 10.2. The summed E-state index contributed by atoms with van der Waals surface area (Å²) in [6.07, 6.45) is 3.17. The van der Waals surface area contributed by atoms with Crippen LogP contribution in [0.15, 0.2) is 72.8 Å². The van der Waals surface area contributed by atoms with Crippen molar-refractivity contribution in [2.45, 2.75) is 65.5 Å². The first-order valence-corrected chi connectivity index (χ1v) is 18.4. The number of nitrogens with one attached hydrogen (secondary N) is 1. The van der Waals surface area contributed by atoms with E-state index in [0.717, 1.165) is 88.7 Å². The van der Waals surface area contributed by atoms with Crippen LogP contribution < -0.4 is 10.2 Å². The van der Waals surface area contributed by atoms with Gasteiger partial charge >= 0.3 is 0 Å². The molecule has 0 radical (unpaired) electrons. The number of aromatic nitrogens is 4. The minimum Gasteiger partial charge on any atom is -0.507 e. The molecule has 0 spiro atoms. The van der Waals surface area contributed by atoms with Gasteiger partial charge in [-0.2, -0.15) is 0 Å². The Morgan fingerprint density at radius 1 is 0.755 bits per heavy atom. The summed E-state index contributed by atoms with van der Waals surface area (Å²) in [5.41, 5.74) is 7.01. The average molecular weight is 731 g/mol. The largest absolute Gasteiger partial charge is 0.507 e. The van der Waals surface area contributed by atoms with Gasteiger partial charge in [-0.1, -0.05) is 48.0 Å². The Bertz CT molecular complexity index is 2280. The predicted molar refractivity (Wildman–Crippen MR) is 210 cm³/mol. The van der Waals surface area contributed by atoms with Crippen molar-refractivity contribution in [3.05, 3.63) is 100 Å². The number of piperidine rings is 1. The van der Waals surface area contributed by atoms with Crippen LogP contribution in [0.25, 0.3) is 44.6 Å². The number of halogens is 1. The van der Waals surface area contributed by atoms with Crippen LogP contribution in [0.2, 0.25) is 5.15 Å². The number of nitrogens with zero attached hydrogens (tertiary/aromatic N) is 5. The maximum Gasteiger partial charge on any atom is 0.249 e. The van der Waals surface area contributed by atoms with Gasteiger partial charge in [-0.25, -0.2) is 19.9 Å². The summed E-state index contributed by atoms with van der Waals surface area (Å²) in [5.74, 6) is 2.22. The normalized spacial score (nSPS) is 16.1. The Morgan fingerprint density at radius 3 is 1.89 bits per heavy atom. The molecular formula is C42H43ClN6O4. The smallest absolute Gasteiger partial charge is 0.249 e. The van der Waals surface area contributed by atoms with E-state index in [1.807, 2.05) is 64.1 Å². The number of phenolic OH excluding ortho intramolecular Hbond substituents is 2.